The average Bonchev–Trinajstić information content (AvgIpc) is 3.20. The van der Waals surface area contributed by atoms with Crippen LogP contribution in [0.4, 0.5) is 17.1 Å². The number of nitro groups is 1. The fourth-order valence-corrected chi connectivity index (χ4v) is 8.81. The zero-order valence-electron chi connectivity index (χ0n) is 20.1. The molecule has 33 heavy (non-hydrogen) atoms. The third-order valence-corrected chi connectivity index (χ3v) is 10.4. The Morgan fingerprint density at radius 2 is 1.73 bits per heavy atom. The fraction of sp³-hybridized carbons (Fsp3) is 0.375. The zero-order chi connectivity index (χ0) is 24.0. The van der Waals surface area contributed by atoms with Gasteiger partial charge in [-0.1, -0.05) is 58.0 Å². The highest BCUT2D eigenvalue weighted by atomic mass is 31.2. The van der Waals surface area contributed by atoms with Crippen LogP contribution in [0.15, 0.2) is 69.4 Å². The lowest BCUT2D eigenvalue weighted by Crippen LogP contribution is -2.30. The normalized spacial score (nSPS) is 23.4. The Morgan fingerprint density at radius 3 is 2.36 bits per heavy atom. The molecule has 1 atom stereocenters. The van der Waals surface area contributed by atoms with Gasteiger partial charge in [0.15, 0.2) is 7.36 Å². The molecule has 0 spiro atoms. The highest BCUT2D eigenvalue weighted by molar-refractivity contribution is 7.67. The molecule has 0 amide bonds. The zero-order valence-corrected chi connectivity index (χ0v) is 21.0. The second-order valence-electron chi connectivity index (χ2n) is 8.72. The Hall–Kier alpha value is -2.96. The number of para-hydroxylation sites is 2. The maximum atomic E-state index is 11.8. The van der Waals surface area contributed by atoms with Gasteiger partial charge < -0.3 is 4.90 Å². The number of hydrogen-bond acceptors (Lipinski definition) is 5. The van der Waals surface area contributed by atoms with Crippen LogP contribution in [0.5, 0.6) is 0 Å². The van der Waals surface area contributed by atoms with Gasteiger partial charge in [0, 0.05) is 50.1 Å². The van der Waals surface area contributed by atoms with Crippen molar-refractivity contribution in [3.05, 3.63) is 75.2 Å². The second-order valence-corrected chi connectivity index (χ2v) is 11.7. The Bertz CT molecular complexity index is 1210. The van der Waals surface area contributed by atoms with Gasteiger partial charge in [-0.3, -0.25) is 10.1 Å². The SMILES string of the molecule is CCN(CC)P1(=Nc2ccccc2[N+](=O)[O-])/C(=C2/N(C)c3ccccc3C2(C)C)C=NN1C. The summed E-state index contributed by atoms with van der Waals surface area (Å²) in [6.07, 6.45) is 1.92. The Balaban J connectivity index is 2.10. The molecule has 8 nitrogen and oxygen atoms in total. The summed E-state index contributed by atoms with van der Waals surface area (Å²) in [6, 6.07) is 15.2. The average molecular weight is 467 g/mol. The van der Waals surface area contributed by atoms with Gasteiger partial charge in [-0.15, -0.1) is 0 Å². The molecule has 0 radical (unpaired) electrons. The quantitative estimate of drug-likeness (QED) is 0.299. The van der Waals surface area contributed by atoms with Crippen molar-refractivity contribution in [2.75, 3.05) is 32.1 Å². The molecule has 174 valence electrons. The molecule has 0 saturated carbocycles. The van der Waals surface area contributed by atoms with Crippen molar-refractivity contribution in [2.45, 2.75) is 33.1 Å². The number of nitro benzene ring substituents is 1. The van der Waals surface area contributed by atoms with E-state index in [0.29, 0.717) is 5.69 Å². The predicted molar refractivity (Wildman–Crippen MR) is 136 cm³/mol. The summed E-state index contributed by atoms with van der Waals surface area (Å²) in [6.45, 7) is 10.2. The molecular weight excluding hydrogens is 435 g/mol. The smallest absolute Gasteiger partial charge is 0.294 e. The standard InChI is InChI=1S/C24H31N6O2P/c1-7-29(8-2)33(26-19-14-10-12-16-21(19)30(31)32)22(17-25-28(33)6)23-24(3,4)18-13-9-11-15-20(18)27(23)5/h9-17H,7-8H2,1-6H3/b23-22+. The lowest BCUT2D eigenvalue weighted by molar-refractivity contribution is -0.384. The predicted octanol–water partition coefficient (Wildman–Crippen LogP) is 6.17. The Morgan fingerprint density at radius 1 is 1.09 bits per heavy atom. The van der Waals surface area contributed by atoms with Gasteiger partial charge >= 0.3 is 0 Å². The molecule has 2 aromatic carbocycles. The third-order valence-electron chi connectivity index (χ3n) is 6.63. The van der Waals surface area contributed by atoms with Crippen LogP contribution in [-0.2, 0) is 5.41 Å². The van der Waals surface area contributed by atoms with E-state index < -0.39 is 7.36 Å². The largest absolute Gasteiger partial charge is 0.346 e. The molecule has 0 N–H and O–H groups in total. The van der Waals surface area contributed by atoms with Crippen molar-refractivity contribution in [1.29, 1.82) is 0 Å². The number of allylic oxidation sites excluding steroid dienone is 2. The van der Waals surface area contributed by atoms with Crippen molar-refractivity contribution in [1.82, 2.24) is 9.45 Å². The second kappa shape index (κ2) is 8.43. The minimum atomic E-state index is -2.64. The van der Waals surface area contributed by atoms with Crippen LogP contribution in [0.25, 0.3) is 0 Å². The van der Waals surface area contributed by atoms with Crippen molar-refractivity contribution < 1.29 is 4.92 Å². The third kappa shape index (κ3) is 3.40. The number of rotatable bonds is 5. The number of likely N-dealkylation sites (N-methyl/N-ethyl adjacent to an activating group) is 1. The van der Waals surface area contributed by atoms with Gasteiger partial charge in [-0.05, 0) is 17.7 Å². The monoisotopic (exact) mass is 466 g/mol. The molecule has 9 heteroatoms. The van der Waals surface area contributed by atoms with Gasteiger partial charge in [0.25, 0.3) is 5.69 Å². The maximum absolute atomic E-state index is 11.8. The summed E-state index contributed by atoms with van der Waals surface area (Å²) >= 11 is 0. The highest BCUT2D eigenvalue weighted by Gasteiger charge is 2.48. The van der Waals surface area contributed by atoms with Crippen molar-refractivity contribution >= 4 is 30.6 Å². The van der Waals surface area contributed by atoms with Gasteiger partial charge in [-0.25, -0.2) is 14.2 Å². The summed E-state index contributed by atoms with van der Waals surface area (Å²) in [5.41, 5.74) is 3.68. The van der Waals surface area contributed by atoms with Gasteiger partial charge in [-0.2, -0.15) is 5.10 Å². The van der Waals surface area contributed by atoms with Gasteiger partial charge in [0.2, 0.25) is 0 Å². The molecule has 1 unspecified atom stereocenters. The Kier molecular flexibility index (Phi) is 5.93. The highest BCUT2D eigenvalue weighted by Crippen LogP contribution is 2.69. The summed E-state index contributed by atoms with van der Waals surface area (Å²) in [5, 5.41) is 17.6. The van der Waals surface area contributed by atoms with Gasteiger partial charge in [0.1, 0.15) is 5.69 Å². The van der Waals surface area contributed by atoms with E-state index in [1.807, 2.05) is 18.0 Å². The molecule has 2 heterocycles. The summed E-state index contributed by atoms with van der Waals surface area (Å²) in [5.74, 6) is 0. The van der Waals surface area contributed by atoms with E-state index in [1.54, 1.807) is 18.2 Å². The van der Waals surface area contributed by atoms with Crippen LogP contribution >= 0.6 is 7.36 Å². The maximum Gasteiger partial charge on any atom is 0.294 e. The fourth-order valence-electron chi connectivity index (χ4n) is 5.09. The molecule has 0 fully saturated rings. The van der Waals surface area contributed by atoms with Crippen molar-refractivity contribution in [3.63, 3.8) is 0 Å². The van der Waals surface area contributed by atoms with Crippen LogP contribution < -0.4 is 4.90 Å². The first kappa shape index (κ1) is 23.2. The van der Waals surface area contributed by atoms with E-state index in [4.69, 9.17) is 9.85 Å². The van der Waals surface area contributed by atoms with Crippen LogP contribution in [-0.4, -0.2) is 47.8 Å². The molecule has 0 aliphatic carbocycles. The first-order valence-electron chi connectivity index (χ1n) is 11.2. The summed E-state index contributed by atoms with van der Waals surface area (Å²) < 4.78 is 9.48. The minimum Gasteiger partial charge on any atom is -0.346 e. The molecule has 0 aromatic heterocycles. The summed E-state index contributed by atoms with van der Waals surface area (Å²) in [4.78, 5) is 13.7. The topological polar surface area (TPSA) is 77.6 Å². The lowest BCUT2D eigenvalue weighted by atomic mass is 9.84. The first-order chi connectivity index (χ1) is 15.7. The van der Waals surface area contributed by atoms with Crippen molar-refractivity contribution in [2.24, 2.45) is 9.85 Å². The van der Waals surface area contributed by atoms with Crippen molar-refractivity contribution in [3.8, 4) is 0 Å². The number of nitrogens with zero attached hydrogens (tertiary/aromatic N) is 6. The van der Waals surface area contributed by atoms with Crippen LogP contribution in [0, 0.1) is 10.1 Å². The number of benzene rings is 2. The van der Waals surface area contributed by atoms with E-state index in [1.165, 1.54) is 11.6 Å². The first-order valence-corrected chi connectivity index (χ1v) is 12.8. The van der Waals surface area contributed by atoms with Crippen LogP contribution in [0.1, 0.15) is 33.3 Å². The summed E-state index contributed by atoms with van der Waals surface area (Å²) in [7, 11) is 1.38. The van der Waals surface area contributed by atoms with Crippen LogP contribution in [0.2, 0.25) is 0 Å². The number of anilines is 1. The molecule has 2 aromatic rings. The number of hydrazone groups is 1. The van der Waals surface area contributed by atoms with E-state index in [9.17, 15) is 10.1 Å². The number of fused-ring (bicyclic) bond motifs is 1. The Labute approximate surface area is 195 Å². The molecule has 2 aliphatic heterocycles. The molecule has 0 bridgehead atoms. The van der Waals surface area contributed by atoms with E-state index in [-0.39, 0.29) is 16.0 Å². The van der Waals surface area contributed by atoms with E-state index in [0.717, 1.165) is 29.8 Å². The van der Waals surface area contributed by atoms with E-state index >= 15 is 0 Å². The van der Waals surface area contributed by atoms with Gasteiger partial charge in [0.05, 0.1) is 16.5 Å². The van der Waals surface area contributed by atoms with E-state index in [2.05, 4.69) is 68.6 Å². The lowest BCUT2D eigenvalue weighted by Gasteiger charge is -2.39. The number of hydrogen-bond donors (Lipinski definition) is 0. The van der Waals surface area contributed by atoms with Crippen LogP contribution in [0.3, 0.4) is 0 Å². The molecule has 2 aliphatic rings. The molecule has 4 rings (SSSR count). The molecule has 0 saturated heterocycles. The molecular formula is C24H31N6O2P. The minimum absolute atomic E-state index is 0.0102.